The fourth-order valence-corrected chi connectivity index (χ4v) is 3.78. The molecule has 7 nitrogen and oxygen atoms in total. The molecule has 0 fully saturated rings. The van der Waals surface area contributed by atoms with Gasteiger partial charge in [0, 0.05) is 17.8 Å². The largest absolute Gasteiger partial charge is 0.495 e. The van der Waals surface area contributed by atoms with E-state index in [9.17, 15) is 8.42 Å². The van der Waals surface area contributed by atoms with Crippen molar-refractivity contribution in [3.8, 4) is 11.5 Å². The van der Waals surface area contributed by atoms with Crippen LogP contribution in [0.4, 0.5) is 11.4 Å². The zero-order valence-corrected chi connectivity index (χ0v) is 17.9. The zero-order valence-electron chi connectivity index (χ0n) is 16.3. The van der Waals surface area contributed by atoms with Gasteiger partial charge in [-0.05, 0) is 69.4 Å². The average Bonchev–Trinajstić information content (AvgIpc) is 2.63. The summed E-state index contributed by atoms with van der Waals surface area (Å²) in [7, 11) is -2.31. The van der Waals surface area contributed by atoms with Crippen LogP contribution >= 0.6 is 12.2 Å². The summed E-state index contributed by atoms with van der Waals surface area (Å²) >= 11 is 5.22. The number of ether oxygens (including phenoxy) is 2. The van der Waals surface area contributed by atoms with Crippen molar-refractivity contribution in [3.05, 3.63) is 42.5 Å². The number of methoxy groups -OCH3 is 1. The highest BCUT2D eigenvalue weighted by Crippen LogP contribution is 2.29. The number of hydrogen-bond acceptors (Lipinski definition) is 5. The Bertz CT molecular complexity index is 913. The molecule has 0 aliphatic carbocycles. The molecule has 0 spiro atoms. The first-order chi connectivity index (χ1) is 13.2. The van der Waals surface area contributed by atoms with Gasteiger partial charge in [-0.2, -0.15) is 0 Å². The van der Waals surface area contributed by atoms with Gasteiger partial charge in [0.05, 0.1) is 24.3 Å². The summed E-state index contributed by atoms with van der Waals surface area (Å²) in [6.45, 7) is 6.36. The van der Waals surface area contributed by atoms with Crippen LogP contribution in [0.25, 0.3) is 0 Å². The topological polar surface area (TPSA) is 88.7 Å². The van der Waals surface area contributed by atoms with E-state index in [-0.39, 0.29) is 10.9 Å². The normalized spacial score (nSPS) is 11.0. The lowest BCUT2D eigenvalue weighted by Gasteiger charge is -2.16. The Morgan fingerprint density at radius 2 is 1.82 bits per heavy atom. The van der Waals surface area contributed by atoms with Gasteiger partial charge in [-0.15, -0.1) is 0 Å². The van der Waals surface area contributed by atoms with Gasteiger partial charge in [-0.3, -0.25) is 4.72 Å². The second kappa shape index (κ2) is 9.61. The van der Waals surface area contributed by atoms with Crippen molar-refractivity contribution in [1.29, 1.82) is 0 Å². The molecule has 28 heavy (non-hydrogen) atoms. The Balaban J connectivity index is 2.19. The molecule has 0 aliphatic rings. The predicted octanol–water partition coefficient (Wildman–Crippen LogP) is 3.59. The predicted molar refractivity (Wildman–Crippen MR) is 116 cm³/mol. The minimum atomic E-state index is -3.78. The summed E-state index contributed by atoms with van der Waals surface area (Å²) in [6, 6.07) is 11.4. The lowest BCUT2D eigenvalue weighted by molar-refractivity contribution is 0.340. The zero-order chi connectivity index (χ0) is 20.7. The fourth-order valence-electron chi connectivity index (χ4n) is 2.36. The summed E-state index contributed by atoms with van der Waals surface area (Å²) in [5, 5.41) is 6.49. The molecule has 0 bridgehead atoms. The molecule has 2 rings (SSSR count). The van der Waals surface area contributed by atoms with Crippen LogP contribution in [0.3, 0.4) is 0 Å². The third kappa shape index (κ3) is 6.00. The first kappa shape index (κ1) is 21.8. The molecule has 3 N–H and O–H groups in total. The first-order valence-electron chi connectivity index (χ1n) is 8.76. The highest BCUT2D eigenvalue weighted by Gasteiger charge is 2.17. The first-order valence-corrected chi connectivity index (χ1v) is 10.7. The molecular weight excluding hydrogens is 398 g/mol. The average molecular weight is 424 g/mol. The molecule has 0 unspecified atom stereocenters. The Morgan fingerprint density at radius 1 is 1.14 bits per heavy atom. The van der Waals surface area contributed by atoms with Gasteiger partial charge in [0.15, 0.2) is 5.11 Å². The Labute approximate surface area is 171 Å². The summed E-state index contributed by atoms with van der Waals surface area (Å²) in [5.74, 6) is 1.04. The van der Waals surface area contributed by atoms with E-state index in [1.807, 2.05) is 20.8 Å². The van der Waals surface area contributed by atoms with Crippen molar-refractivity contribution in [3.63, 3.8) is 0 Å². The minimum absolute atomic E-state index is 0.0755. The second-order valence-electron chi connectivity index (χ2n) is 6.18. The number of rotatable bonds is 8. The lowest BCUT2D eigenvalue weighted by Crippen LogP contribution is -2.34. The van der Waals surface area contributed by atoms with E-state index < -0.39 is 10.0 Å². The highest BCUT2D eigenvalue weighted by atomic mass is 32.2. The number of nitrogens with one attached hydrogen (secondary N) is 3. The number of benzene rings is 2. The Morgan fingerprint density at radius 3 is 2.39 bits per heavy atom. The van der Waals surface area contributed by atoms with Crippen LogP contribution in [0, 0.1) is 0 Å². The van der Waals surface area contributed by atoms with Crippen LogP contribution in [0.2, 0.25) is 0 Å². The number of sulfonamides is 1. The second-order valence-corrected chi connectivity index (χ2v) is 8.27. The third-order valence-corrected chi connectivity index (χ3v) is 5.17. The van der Waals surface area contributed by atoms with Crippen LogP contribution in [-0.4, -0.2) is 33.3 Å². The molecular formula is C19H25N3O4S2. The van der Waals surface area contributed by atoms with Gasteiger partial charge in [-0.25, -0.2) is 8.42 Å². The Kier molecular flexibility index (Phi) is 7.47. The molecule has 0 amide bonds. The van der Waals surface area contributed by atoms with E-state index in [0.29, 0.717) is 34.6 Å². The molecule has 0 saturated heterocycles. The van der Waals surface area contributed by atoms with Gasteiger partial charge >= 0.3 is 0 Å². The van der Waals surface area contributed by atoms with Crippen molar-refractivity contribution in [2.75, 3.05) is 23.8 Å². The van der Waals surface area contributed by atoms with E-state index in [0.717, 1.165) is 0 Å². The molecule has 0 aromatic heterocycles. The van der Waals surface area contributed by atoms with Crippen molar-refractivity contribution in [1.82, 2.24) is 5.32 Å². The molecule has 9 heteroatoms. The molecule has 0 heterocycles. The van der Waals surface area contributed by atoms with Crippen LogP contribution < -0.4 is 24.8 Å². The SMILES string of the molecule is CCOc1ccc(NS(=O)(=O)c2ccc(NC(=S)NC(C)C)c(OC)c2)cc1. The number of hydrogen-bond donors (Lipinski definition) is 3. The summed E-state index contributed by atoms with van der Waals surface area (Å²) in [5.41, 5.74) is 1.01. The third-order valence-electron chi connectivity index (χ3n) is 3.57. The maximum atomic E-state index is 12.7. The van der Waals surface area contributed by atoms with Crippen LogP contribution in [0.5, 0.6) is 11.5 Å². The fraction of sp³-hybridized carbons (Fsp3) is 0.316. The van der Waals surface area contributed by atoms with E-state index >= 15 is 0 Å². The van der Waals surface area contributed by atoms with E-state index in [1.165, 1.54) is 19.2 Å². The van der Waals surface area contributed by atoms with E-state index in [4.69, 9.17) is 21.7 Å². The van der Waals surface area contributed by atoms with Gasteiger partial charge in [0.25, 0.3) is 10.0 Å². The molecule has 0 radical (unpaired) electrons. The standard InChI is InChI=1S/C19H25N3O4S2/c1-5-26-15-8-6-14(7-9-15)22-28(23,24)16-10-11-17(18(12-16)25-4)21-19(27)20-13(2)3/h6-13,22H,5H2,1-4H3,(H2,20,21,27). The monoisotopic (exact) mass is 423 g/mol. The van der Waals surface area contributed by atoms with Crippen LogP contribution in [0.1, 0.15) is 20.8 Å². The van der Waals surface area contributed by atoms with Gasteiger partial charge < -0.3 is 20.1 Å². The number of thiocarbonyl (C=S) groups is 1. The molecule has 0 saturated carbocycles. The van der Waals surface area contributed by atoms with Crippen LogP contribution in [0.15, 0.2) is 47.4 Å². The van der Waals surface area contributed by atoms with E-state index in [2.05, 4.69) is 15.4 Å². The van der Waals surface area contributed by atoms with Gasteiger partial charge in [0.1, 0.15) is 11.5 Å². The van der Waals surface area contributed by atoms with Gasteiger partial charge in [0.2, 0.25) is 0 Å². The van der Waals surface area contributed by atoms with Crippen molar-refractivity contribution in [2.45, 2.75) is 31.7 Å². The molecule has 152 valence electrons. The Hall–Kier alpha value is -2.52. The van der Waals surface area contributed by atoms with Crippen molar-refractivity contribution in [2.24, 2.45) is 0 Å². The smallest absolute Gasteiger partial charge is 0.262 e. The maximum Gasteiger partial charge on any atom is 0.262 e. The molecule has 0 aliphatic heterocycles. The van der Waals surface area contributed by atoms with Crippen molar-refractivity contribution < 1.29 is 17.9 Å². The van der Waals surface area contributed by atoms with Crippen molar-refractivity contribution >= 4 is 38.7 Å². The summed E-state index contributed by atoms with van der Waals surface area (Å²) in [4.78, 5) is 0.0755. The quantitative estimate of drug-likeness (QED) is 0.559. The lowest BCUT2D eigenvalue weighted by atomic mass is 10.3. The molecule has 2 aromatic carbocycles. The minimum Gasteiger partial charge on any atom is -0.495 e. The number of anilines is 2. The summed E-state index contributed by atoms with van der Waals surface area (Å²) < 4.78 is 38.6. The van der Waals surface area contributed by atoms with Crippen LogP contribution in [-0.2, 0) is 10.0 Å². The highest BCUT2D eigenvalue weighted by molar-refractivity contribution is 7.92. The van der Waals surface area contributed by atoms with E-state index in [1.54, 1.807) is 30.3 Å². The molecule has 0 atom stereocenters. The maximum absolute atomic E-state index is 12.7. The molecule has 2 aromatic rings. The van der Waals surface area contributed by atoms with Gasteiger partial charge in [-0.1, -0.05) is 0 Å². The summed E-state index contributed by atoms with van der Waals surface area (Å²) in [6.07, 6.45) is 0.